The first-order chi connectivity index (χ1) is 15.8. The molecule has 11 N–H and O–H groups in total. The molecular weight excluding hydrogens is 452 g/mol. The van der Waals surface area contributed by atoms with E-state index in [2.05, 4.69) is 16.0 Å². The van der Waals surface area contributed by atoms with Gasteiger partial charge in [-0.2, -0.15) is 0 Å². The number of carboxylic acids is 2. The van der Waals surface area contributed by atoms with Crippen LogP contribution < -0.4 is 33.2 Å². The number of amides is 4. The predicted molar refractivity (Wildman–Crippen MR) is 120 cm³/mol. The lowest BCUT2D eigenvalue weighted by atomic mass is 9.98. The molecule has 0 bridgehead atoms. The summed E-state index contributed by atoms with van der Waals surface area (Å²) in [6.45, 7) is 3.73. The van der Waals surface area contributed by atoms with Gasteiger partial charge < -0.3 is 43.4 Å². The zero-order valence-electron chi connectivity index (χ0n) is 19.4. The van der Waals surface area contributed by atoms with Gasteiger partial charge in [-0.25, -0.2) is 4.79 Å². The monoisotopic (exact) mass is 488 g/mol. The zero-order valence-corrected chi connectivity index (χ0v) is 19.4. The standard InChI is InChI=1S/C20H36N6O8/c1-3-10(2)16(20(33)34)26-18(31)12(6-4-5-7-21)24-19(32)13(9-15(28)29)25-17(30)11(22)8-14(23)27/h10-13,16H,3-9,21-22H2,1-2H3,(H2,23,27)(H,24,32)(H,25,30)(H,26,31)(H,28,29)(H,33,34). The Morgan fingerprint density at radius 1 is 0.853 bits per heavy atom. The Morgan fingerprint density at radius 2 is 1.41 bits per heavy atom. The van der Waals surface area contributed by atoms with Gasteiger partial charge >= 0.3 is 11.9 Å². The summed E-state index contributed by atoms with van der Waals surface area (Å²) >= 11 is 0. The molecule has 0 aromatic rings. The van der Waals surface area contributed by atoms with E-state index in [0.717, 1.165) is 0 Å². The van der Waals surface area contributed by atoms with Gasteiger partial charge in [0.15, 0.2) is 0 Å². The van der Waals surface area contributed by atoms with Crippen molar-refractivity contribution in [1.29, 1.82) is 0 Å². The summed E-state index contributed by atoms with van der Waals surface area (Å²) < 4.78 is 0. The number of nitrogens with two attached hydrogens (primary N) is 3. The normalized spacial score (nSPS) is 15.2. The third-order valence-electron chi connectivity index (χ3n) is 5.13. The predicted octanol–water partition coefficient (Wildman–Crippen LogP) is -2.62. The van der Waals surface area contributed by atoms with Gasteiger partial charge in [-0.3, -0.25) is 24.0 Å². The van der Waals surface area contributed by atoms with E-state index in [1.807, 2.05) is 0 Å². The highest BCUT2D eigenvalue weighted by atomic mass is 16.4. The fourth-order valence-electron chi connectivity index (χ4n) is 2.94. The van der Waals surface area contributed by atoms with Crippen LogP contribution in [0.2, 0.25) is 0 Å². The molecule has 5 atom stereocenters. The highest BCUT2D eigenvalue weighted by Crippen LogP contribution is 2.10. The topological polar surface area (TPSA) is 257 Å². The molecule has 0 fully saturated rings. The maximum Gasteiger partial charge on any atom is 0.326 e. The lowest BCUT2D eigenvalue weighted by Gasteiger charge is -2.26. The number of carboxylic acid groups (broad SMARTS) is 2. The molecule has 0 saturated carbocycles. The quantitative estimate of drug-likeness (QED) is 0.0988. The molecule has 0 rings (SSSR count). The van der Waals surface area contributed by atoms with Crippen LogP contribution in [0.25, 0.3) is 0 Å². The second-order valence-electron chi connectivity index (χ2n) is 7.99. The van der Waals surface area contributed by atoms with Gasteiger partial charge in [-0.1, -0.05) is 20.3 Å². The molecular formula is C20H36N6O8. The fourth-order valence-corrected chi connectivity index (χ4v) is 2.94. The summed E-state index contributed by atoms with van der Waals surface area (Å²) in [6, 6.07) is -5.43. The van der Waals surface area contributed by atoms with Crippen molar-refractivity contribution in [2.75, 3.05) is 6.54 Å². The van der Waals surface area contributed by atoms with Crippen LogP contribution in [0.1, 0.15) is 52.4 Å². The number of hydrogen-bond acceptors (Lipinski definition) is 8. The van der Waals surface area contributed by atoms with Gasteiger partial charge in [0, 0.05) is 0 Å². The van der Waals surface area contributed by atoms with Crippen molar-refractivity contribution in [2.24, 2.45) is 23.1 Å². The molecule has 194 valence electrons. The van der Waals surface area contributed by atoms with E-state index in [4.69, 9.17) is 22.3 Å². The van der Waals surface area contributed by atoms with Crippen molar-refractivity contribution in [1.82, 2.24) is 16.0 Å². The number of rotatable bonds is 17. The number of hydrogen-bond donors (Lipinski definition) is 8. The first-order valence-electron chi connectivity index (χ1n) is 10.9. The van der Waals surface area contributed by atoms with Crippen LogP contribution in [0.3, 0.4) is 0 Å². The number of unbranched alkanes of at least 4 members (excludes halogenated alkanes) is 1. The Morgan fingerprint density at radius 3 is 1.88 bits per heavy atom. The van der Waals surface area contributed by atoms with Crippen molar-refractivity contribution in [2.45, 2.75) is 76.5 Å². The minimum absolute atomic E-state index is 0.0938. The van der Waals surface area contributed by atoms with Crippen LogP contribution in [0.15, 0.2) is 0 Å². The highest BCUT2D eigenvalue weighted by Gasteiger charge is 2.32. The number of nitrogens with one attached hydrogen (secondary N) is 3. The van der Waals surface area contributed by atoms with E-state index in [-0.39, 0.29) is 6.42 Å². The van der Waals surface area contributed by atoms with Gasteiger partial charge in [0.25, 0.3) is 0 Å². The summed E-state index contributed by atoms with van der Waals surface area (Å²) in [5.74, 6) is -6.67. The lowest BCUT2D eigenvalue weighted by molar-refractivity contribution is -0.144. The molecule has 0 spiro atoms. The van der Waals surface area contributed by atoms with Crippen molar-refractivity contribution in [3.63, 3.8) is 0 Å². The number of aliphatic carboxylic acids is 2. The first kappa shape index (κ1) is 30.7. The molecule has 0 heterocycles. The average molecular weight is 489 g/mol. The van der Waals surface area contributed by atoms with Crippen molar-refractivity contribution in [3.05, 3.63) is 0 Å². The van der Waals surface area contributed by atoms with Crippen LogP contribution in [0.4, 0.5) is 0 Å². The number of carbonyl (C=O) groups is 6. The van der Waals surface area contributed by atoms with Crippen LogP contribution in [0.5, 0.6) is 0 Å². The number of carbonyl (C=O) groups excluding carboxylic acids is 4. The lowest BCUT2D eigenvalue weighted by Crippen LogP contribution is -2.58. The third kappa shape index (κ3) is 11.6. The maximum atomic E-state index is 12.8. The Balaban J connectivity index is 5.59. The Kier molecular flexibility index (Phi) is 14.1. The minimum Gasteiger partial charge on any atom is -0.481 e. The molecule has 5 unspecified atom stereocenters. The average Bonchev–Trinajstić information content (AvgIpc) is 2.74. The van der Waals surface area contributed by atoms with Crippen LogP contribution in [-0.4, -0.2) is 76.5 Å². The smallest absolute Gasteiger partial charge is 0.326 e. The molecule has 0 aliphatic heterocycles. The highest BCUT2D eigenvalue weighted by molar-refractivity contribution is 5.96. The Bertz CT molecular complexity index is 747. The van der Waals surface area contributed by atoms with Gasteiger partial charge in [0.05, 0.1) is 18.9 Å². The van der Waals surface area contributed by atoms with E-state index < -0.39 is 78.5 Å². The second kappa shape index (κ2) is 15.6. The molecule has 0 saturated heterocycles. The molecule has 4 amide bonds. The first-order valence-corrected chi connectivity index (χ1v) is 10.9. The molecule has 0 aliphatic rings. The molecule has 14 heteroatoms. The summed E-state index contributed by atoms with van der Waals surface area (Å²) in [4.78, 5) is 71.5. The molecule has 0 aromatic heterocycles. The van der Waals surface area contributed by atoms with Crippen LogP contribution in [-0.2, 0) is 28.8 Å². The van der Waals surface area contributed by atoms with E-state index in [9.17, 15) is 33.9 Å². The largest absolute Gasteiger partial charge is 0.481 e. The van der Waals surface area contributed by atoms with E-state index in [0.29, 0.717) is 25.8 Å². The van der Waals surface area contributed by atoms with Gasteiger partial charge in [0.1, 0.15) is 18.1 Å². The van der Waals surface area contributed by atoms with E-state index in [1.165, 1.54) is 0 Å². The summed E-state index contributed by atoms with van der Waals surface area (Å²) in [5.41, 5.74) is 16.0. The summed E-state index contributed by atoms with van der Waals surface area (Å²) in [6.07, 6.45) is 0.141. The van der Waals surface area contributed by atoms with Crippen molar-refractivity contribution >= 4 is 35.6 Å². The minimum atomic E-state index is -1.61. The zero-order chi connectivity index (χ0) is 26.4. The Hall–Kier alpha value is -3.26. The van der Waals surface area contributed by atoms with E-state index in [1.54, 1.807) is 13.8 Å². The molecule has 0 aromatic carbocycles. The Labute approximate surface area is 197 Å². The molecule has 0 aliphatic carbocycles. The molecule has 14 nitrogen and oxygen atoms in total. The summed E-state index contributed by atoms with van der Waals surface area (Å²) in [5, 5.41) is 25.5. The third-order valence-corrected chi connectivity index (χ3v) is 5.13. The van der Waals surface area contributed by atoms with Crippen molar-refractivity contribution in [3.8, 4) is 0 Å². The SMILES string of the molecule is CCC(C)C(NC(=O)C(CCCCN)NC(=O)C(CC(=O)O)NC(=O)C(N)CC(N)=O)C(=O)O. The molecule has 34 heavy (non-hydrogen) atoms. The molecule has 0 radical (unpaired) electrons. The van der Waals surface area contributed by atoms with Gasteiger partial charge in [-0.15, -0.1) is 0 Å². The van der Waals surface area contributed by atoms with Crippen LogP contribution in [0, 0.1) is 5.92 Å². The summed E-state index contributed by atoms with van der Waals surface area (Å²) in [7, 11) is 0. The maximum absolute atomic E-state index is 12.8. The van der Waals surface area contributed by atoms with Crippen molar-refractivity contribution < 1.29 is 39.0 Å². The second-order valence-corrected chi connectivity index (χ2v) is 7.99. The van der Waals surface area contributed by atoms with Gasteiger partial charge in [-0.05, 0) is 31.7 Å². The van der Waals surface area contributed by atoms with Gasteiger partial charge in [0.2, 0.25) is 23.6 Å². The number of primary amides is 1. The van der Waals surface area contributed by atoms with Crippen LogP contribution >= 0.6 is 0 Å². The van der Waals surface area contributed by atoms with E-state index >= 15 is 0 Å². The fraction of sp³-hybridized carbons (Fsp3) is 0.700.